The lowest BCUT2D eigenvalue weighted by Crippen LogP contribution is -2.38. The number of hydrogen-bond donors (Lipinski definition) is 2. The average molecular weight is 341 g/mol. The van der Waals surface area contributed by atoms with Gasteiger partial charge in [0.05, 0.1) is 23.9 Å². The Bertz CT molecular complexity index is 784. The molecule has 2 aromatic rings. The van der Waals surface area contributed by atoms with Gasteiger partial charge in [0.25, 0.3) is 0 Å². The van der Waals surface area contributed by atoms with Crippen LogP contribution in [-0.2, 0) is 0 Å². The summed E-state index contributed by atoms with van der Waals surface area (Å²) in [4.78, 5) is 13.8. The Morgan fingerprint density at radius 3 is 2.60 bits per heavy atom. The van der Waals surface area contributed by atoms with E-state index in [4.69, 9.17) is 5.26 Å². The minimum atomic E-state index is -0.824. The lowest BCUT2D eigenvalue weighted by molar-refractivity contribution is 0.128. The first-order valence-electron chi connectivity index (χ1n) is 7.94. The number of urea groups is 1. The second-order valence-electron chi connectivity index (χ2n) is 5.70. The van der Waals surface area contributed by atoms with Gasteiger partial charge in [-0.15, -0.1) is 0 Å². The van der Waals surface area contributed by atoms with Crippen LogP contribution in [0, 0.1) is 24.1 Å². The van der Waals surface area contributed by atoms with Crippen molar-refractivity contribution in [1.82, 2.24) is 4.90 Å². The van der Waals surface area contributed by atoms with Crippen molar-refractivity contribution in [2.45, 2.75) is 20.0 Å². The molecule has 0 fully saturated rings. The zero-order chi connectivity index (χ0) is 18.4. The third kappa shape index (κ3) is 4.78. The normalized spacial score (nSPS) is 11.5. The van der Waals surface area contributed by atoms with E-state index in [2.05, 4.69) is 5.32 Å². The first kappa shape index (κ1) is 18.4. The van der Waals surface area contributed by atoms with Crippen molar-refractivity contribution in [2.24, 2.45) is 0 Å². The van der Waals surface area contributed by atoms with Crippen LogP contribution in [-0.4, -0.2) is 29.1 Å². The van der Waals surface area contributed by atoms with Gasteiger partial charge >= 0.3 is 6.03 Å². The molecule has 1 unspecified atom stereocenters. The van der Waals surface area contributed by atoms with Crippen molar-refractivity contribution in [2.75, 3.05) is 18.4 Å². The van der Waals surface area contributed by atoms with E-state index in [1.165, 1.54) is 17.0 Å². The quantitative estimate of drug-likeness (QED) is 0.872. The Kier molecular flexibility index (Phi) is 6.09. The predicted octanol–water partition coefficient (Wildman–Crippen LogP) is 3.59. The van der Waals surface area contributed by atoms with Crippen LogP contribution in [0.3, 0.4) is 0 Å². The first-order chi connectivity index (χ1) is 11.9. The van der Waals surface area contributed by atoms with Crippen LogP contribution < -0.4 is 5.32 Å². The van der Waals surface area contributed by atoms with Gasteiger partial charge in [0.2, 0.25) is 0 Å². The maximum atomic E-state index is 13.2. The molecule has 2 amide bonds. The number of aryl methyl sites for hydroxylation is 1. The minimum Gasteiger partial charge on any atom is -0.387 e. The average Bonchev–Trinajstić information content (AvgIpc) is 2.61. The highest BCUT2D eigenvalue weighted by atomic mass is 19.1. The molecule has 2 rings (SSSR count). The van der Waals surface area contributed by atoms with Gasteiger partial charge in [-0.3, -0.25) is 0 Å². The first-order valence-corrected chi connectivity index (χ1v) is 7.94. The molecule has 0 spiro atoms. The third-order valence-corrected chi connectivity index (χ3v) is 3.87. The number of nitrogens with zero attached hydrogens (tertiary/aromatic N) is 2. The van der Waals surface area contributed by atoms with E-state index in [1.54, 1.807) is 6.92 Å². The molecule has 130 valence electrons. The zero-order valence-electron chi connectivity index (χ0n) is 14.2. The van der Waals surface area contributed by atoms with Gasteiger partial charge in [0.15, 0.2) is 0 Å². The fraction of sp³-hybridized carbons (Fsp3) is 0.263. The smallest absolute Gasteiger partial charge is 0.321 e. The summed E-state index contributed by atoms with van der Waals surface area (Å²) >= 11 is 0. The van der Waals surface area contributed by atoms with E-state index < -0.39 is 18.0 Å². The van der Waals surface area contributed by atoms with E-state index in [0.29, 0.717) is 6.54 Å². The molecular weight excluding hydrogens is 321 g/mol. The van der Waals surface area contributed by atoms with Crippen molar-refractivity contribution in [3.8, 4) is 6.07 Å². The Hall–Kier alpha value is -2.91. The Labute approximate surface area is 146 Å². The summed E-state index contributed by atoms with van der Waals surface area (Å²) in [6.45, 7) is 4.22. The topological polar surface area (TPSA) is 76.4 Å². The number of benzene rings is 2. The molecule has 0 saturated carbocycles. The summed E-state index contributed by atoms with van der Waals surface area (Å²) in [5, 5.41) is 22.0. The molecule has 5 nitrogen and oxygen atoms in total. The summed E-state index contributed by atoms with van der Waals surface area (Å²) in [6.07, 6.45) is -0.824. The molecule has 0 bridgehead atoms. The van der Waals surface area contributed by atoms with Gasteiger partial charge in [-0.2, -0.15) is 5.26 Å². The molecule has 0 aliphatic rings. The van der Waals surface area contributed by atoms with E-state index in [1.807, 2.05) is 37.3 Å². The summed E-state index contributed by atoms with van der Waals surface area (Å²) in [7, 11) is 0. The standard InChI is InChI=1S/C19H20FN3O2/c1-3-23(12-18(24)14-6-4-13(2)5-7-14)19(25)22-17-9-8-16(20)10-15(17)11-21/h4-10,18,24H,3,12H2,1-2H3,(H,22,25). The molecule has 25 heavy (non-hydrogen) atoms. The number of amides is 2. The molecule has 0 aromatic heterocycles. The molecule has 0 aliphatic carbocycles. The molecular formula is C19H20FN3O2. The molecule has 0 saturated heterocycles. The largest absolute Gasteiger partial charge is 0.387 e. The van der Waals surface area contributed by atoms with Crippen molar-refractivity contribution < 1.29 is 14.3 Å². The summed E-state index contributed by atoms with van der Waals surface area (Å²) in [5.74, 6) is -0.545. The van der Waals surface area contributed by atoms with Gasteiger partial charge < -0.3 is 15.3 Å². The molecule has 2 N–H and O–H groups in total. The van der Waals surface area contributed by atoms with E-state index >= 15 is 0 Å². The van der Waals surface area contributed by atoms with Gasteiger partial charge in [-0.05, 0) is 37.6 Å². The number of nitriles is 1. The molecule has 2 aromatic carbocycles. The van der Waals surface area contributed by atoms with E-state index in [9.17, 15) is 14.3 Å². The molecule has 0 heterocycles. The Morgan fingerprint density at radius 2 is 2.00 bits per heavy atom. The predicted molar refractivity (Wildman–Crippen MR) is 93.5 cm³/mol. The number of carbonyl (C=O) groups excluding carboxylic acids is 1. The Balaban J connectivity index is 2.08. The third-order valence-electron chi connectivity index (χ3n) is 3.87. The van der Waals surface area contributed by atoms with Crippen LogP contribution >= 0.6 is 0 Å². The maximum absolute atomic E-state index is 13.2. The molecule has 6 heteroatoms. The SMILES string of the molecule is CCN(CC(O)c1ccc(C)cc1)C(=O)Nc1ccc(F)cc1C#N. The number of hydrogen-bond acceptors (Lipinski definition) is 3. The van der Waals surface area contributed by atoms with Crippen LogP contribution in [0.1, 0.15) is 29.7 Å². The number of carbonyl (C=O) groups is 1. The summed E-state index contributed by atoms with van der Waals surface area (Å²) < 4.78 is 13.2. The van der Waals surface area contributed by atoms with Gasteiger partial charge in [-0.25, -0.2) is 9.18 Å². The van der Waals surface area contributed by atoms with Crippen LogP contribution in [0.25, 0.3) is 0 Å². The summed E-state index contributed by atoms with van der Waals surface area (Å²) in [6, 6.07) is 12.4. The van der Waals surface area contributed by atoms with Gasteiger partial charge in [-0.1, -0.05) is 29.8 Å². The number of anilines is 1. The number of halogens is 1. The van der Waals surface area contributed by atoms with Crippen LogP contribution in [0.5, 0.6) is 0 Å². The maximum Gasteiger partial charge on any atom is 0.321 e. The minimum absolute atomic E-state index is 0.0449. The van der Waals surface area contributed by atoms with Crippen molar-refractivity contribution in [1.29, 1.82) is 5.26 Å². The lowest BCUT2D eigenvalue weighted by Gasteiger charge is -2.24. The zero-order valence-corrected chi connectivity index (χ0v) is 14.2. The number of nitrogens with one attached hydrogen (secondary N) is 1. The number of aliphatic hydroxyl groups is 1. The second-order valence-corrected chi connectivity index (χ2v) is 5.70. The number of likely N-dealkylation sites (N-methyl/N-ethyl adjacent to an activating group) is 1. The summed E-state index contributed by atoms with van der Waals surface area (Å²) in [5.41, 5.74) is 2.08. The van der Waals surface area contributed by atoms with Crippen LogP contribution in [0.2, 0.25) is 0 Å². The highest BCUT2D eigenvalue weighted by Crippen LogP contribution is 2.18. The highest BCUT2D eigenvalue weighted by molar-refractivity contribution is 5.90. The molecule has 0 aliphatic heterocycles. The fourth-order valence-electron chi connectivity index (χ4n) is 2.37. The monoisotopic (exact) mass is 341 g/mol. The molecule has 1 atom stereocenters. The van der Waals surface area contributed by atoms with Gasteiger partial charge in [0.1, 0.15) is 11.9 Å². The van der Waals surface area contributed by atoms with Crippen molar-refractivity contribution in [3.05, 3.63) is 65.0 Å². The van der Waals surface area contributed by atoms with Crippen LogP contribution in [0.4, 0.5) is 14.9 Å². The highest BCUT2D eigenvalue weighted by Gasteiger charge is 2.18. The fourth-order valence-corrected chi connectivity index (χ4v) is 2.37. The van der Waals surface area contributed by atoms with Crippen molar-refractivity contribution >= 4 is 11.7 Å². The number of aliphatic hydroxyl groups excluding tert-OH is 1. The second kappa shape index (κ2) is 8.27. The van der Waals surface area contributed by atoms with Gasteiger partial charge in [0, 0.05) is 6.54 Å². The van der Waals surface area contributed by atoms with E-state index in [0.717, 1.165) is 17.2 Å². The van der Waals surface area contributed by atoms with Crippen LogP contribution in [0.15, 0.2) is 42.5 Å². The number of rotatable bonds is 5. The Morgan fingerprint density at radius 1 is 1.32 bits per heavy atom. The van der Waals surface area contributed by atoms with E-state index in [-0.39, 0.29) is 17.8 Å². The lowest BCUT2D eigenvalue weighted by atomic mass is 10.1. The molecule has 0 radical (unpaired) electrons. The van der Waals surface area contributed by atoms with Crippen molar-refractivity contribution in [3.63, 3.8) is 0 Å².